The number of ether oxygens (including phenoxy) is 1. The molecule has 94 valence electrons. The Morgan fingerprint density at radius 3 is 2.53 bits per heavy atom. The normalized spacial score (nSPS) is 11.5. The first-order valence-corrected chi connectivity index (χ1v) is 4.83. The highest BCUT2D eigenvalue weighted by Gasteiger charge is 2.27. The van der Waals surface area contributed by atoms with E-state index in [0.717, 1.165) is 6.07 Å². The van der Waals surface area contributed by atoms with Crippen LogP contribution in [0.15, 0.2) is 18.2 Å². The molecule has 0 bridgehead atoms. The third-order valence-corrected chi connectivity index (χ3v) is 2.18. The summed E-state index contributed by atoms with van der Waals surface area (Å²) in [5.74, 6) is -1.16. The SMILES string of the molecule is O=C(O)c1ccc(COCC(F)(F)F)c(Cl)c1. The number of hydrogen-bond donors (Lipinski definition) is 1. The molecule has 7 heteroatoms. The molecule has 1 aromatic rings. The van der Waals surface area contributed by atoms with E-state index in [4.69, 9.17) is 16.7 Å². The molecule has 0 fully saturated rings. The summed E-state index contributed by atoms with van der Waals surface area (Å²) in [5.41, 5.74) is 0.274. The molecule has 0 heterocycles. The molecule has 3 nitrogen and oxygen atoms in total. The van der Waals surface area contributed by atoms with E-state index in [1.165, 1.54) is 12.1 Å². The van der Waals surface area contributed by atoms with Gasteiger partial charge >= 0.3 is 12.1 Å². The number of benzene rings is 1. The zero-order chi connectivity index (χ0) is 13.1. The lowest BCUT2D eigenvalue weighted by Gasteiger charge is -2.09. The molecular formula is C10H8ClF3O3. The van der Waals surface area contributed by atoms with Crippen molar-refractivity contribution in [3.05, 3.63) is 34.3 Å². The minimum Gasteiger partial charge on any atom is -0.478 e. The van der Waals surface area contributed by atoms with Crippen LogP contribution in [-0.4, -0.2) is 23.9 Å². The minimum atomic E-state index is -4.40. The van der Waals surface area contributed by atoms with Crippen LogP contribution in [0.1, 0.15) is 15.9 Å². The summed E-state index contributed by atoms with van der Waals surface area (Å²) >= 11 is 5.70. The summed E-state index contributed by atoms with van der Waals surface area (Å²) in [4.78, 5) is 10.6. The van der Waals surface area contributed by atoms with Gasteiger partial charge in [-0.25, -0.2) is 4.79 Å². The Kier molecular flexibility index (Phi) is 4.36. The lowest BCUT2D eigenvalue weighted by molar-refractivity contribution is -0.176. The molecule has 0 aliphatic carbocycles. The van der Waals surface area contributed by atoms with Crippen LogP contribution in [-0.2, 0) is 11.3 Å². The molecule has 0 unspecified atom stereocenters. The first-order chi connectivity index (χ1) is 7.79. The van der Waals surface area contributed by atoms with Crippen LogP contribution in [0.25, 0.3) is 0 Å². The van der Waals surface area contributed by atoms with E-state index in [2.05, 4.69) is 4.74 Å². The fourth-order valence-electron chi connectivity index (χ4n) is 1.07. The lowest BCUT2D eigenvalue weighted by Crippen LogP contribution is -2.16. The van der Waals surface area contributed by atoms with Crippen LogP contribution in [0.2, 0.25) is 5.02 Å². The number of alkyl halides is 3. The zero-order valence-electron chi connectivity index (χ0n) is 8.42. The molecule has 0 aliphatic rings. The summed E-state index contributed by atoms with van der Waals surface area (Å²) in [6.07, 6.45) is -4.40. The molecule has 0 saturated heterocycles. The van der Waals surface area contributed by atoms with Crippen molar-refractivity contribution in [2.75, 3.05) is 6.61 Å². The Balaban J connectivity index is 2.64. The quantitative estimate of drug-likeness (QED) is 0.913. The second-order valence-electron chi connectivity index (χ2n) is 3.22. The third-order valence-electron chi connectivity index (χ3n) is 1.82. The van der Waals surface area contributed by atoms with Gasteiger partial charge in [-0.3, -0.25) is 0 Å². The topological polar surface area (TPSA) is 46.5 Å². The molecule has 0 atom stereocenters. The molecule has 0 saturated carbocycles. The summed E-state index contributed by atoms with van der Waals surface area (Å²) in [7, 11) is 0. The van der Waals surface area contributed by atoms with Crippen LogP contribution in [0.5, 0.6) is 0 Å². The first-order valence-electron chi connectivity index (χ1n) is 4.46. The predicted octanol–water partition coefficient (Wildman–Crippen LogP) is 3.12. The minimum absolute atomic E-state index is 0.0328. The van der Waals surface area contributed by atoms with E-state index in [9.17, 15) is 18.0 Å². The van der Waals surface area contributed by atoms with Gasteiger partial charge in [0, 0.05) is 5.02 Å². The van der Waals surface area contributed by atoms with Crippen LogP contribution in [0, 0.1) is 0 Å². The summed E-state index contributed by atoms with van der Waals surface area (Å²) in [5, 5.41) is 8.71. The zero-order valence-corrected chi connectivity index (χ0v) is 9.18. The molecular weight excluding hydrogens is 261 g/mol. The van der Waals surface area contributed by atoms with Crippen molar-refractivity contribution in [3.63, 3.8) is 0 Å². The maximum absolute atomic E-state index is 11.8. The second-order valence-corrected chi connectivity index (χ2v) is 3.63. The highest BCUT2D eigenvalue weighted by molar-refractivity contribution is 6.31. The van der Waals surface area contributed by atoms with E-state index >= 15 is 0 Å². The Labute approximate surface area is 99.8 Å². The summed E-state index contributed by atoms with van der Waals surface area (Å²) < 4.78 is 39.8. The first kappa shape index (κ1) is 13.8. The van der Waals surface area contributed by atoms with E-state index in [-0.39, 0.29) is 17.2 Å². The largest absolute Gasteiger partial charge is 0.478 e. The number of aromatic carboxylic acids is 1. The highest BCUT2D eigenvalue weighted by atomic mass is 35.5. The molecule has 1 aromatic carbocycles. The Hall–Kier alpha value is -1.27. The molecule has 17 heavy (non-hydrogen) atoms. The van der Waals surface area contributed by atoms with Crippen LogP contribution in [0.3, 0.4) is 0 Å². The number of carboxylic acids is 1. The number of halogens is 4. The van der Waals surface area contributed by atoms with Gasteiger partial charge in [-0.1, -0.05) is 17.7 Å². The van der Waals surface area contributed by atoms with Gasteiger partial charge in [-0.2, -0.15) is 13.2 Å². The van der Waals surface area contributed by atoms with Gasteiger partial charge in [-0.15, -0.1) is 0 Å². The number of carbonyl (C=O) groups is 1. The second kappa shape index (κ2) is 5.37. The van der Waals surface area contributed by atoms with Gasteiger partial charge in [-0.05, 0) is 17.7 Å². The van der Waals surface area contributed by atoms with Gasteiger partial charge in [0.2, 0.25) is 0 Å². The molecule has 0 spiro atoms. The predicted molar refractivity (Wildman–Crippen MR) is 54.1 cm³/mol. The fraction of sp³-hybridized carbons (Fsp3) is 0.300. The van der Waals surface area contributed by atoms with Crippen molar-refractivity contribution in [3.8, 4) is 0 Å². The maximum Gasteiger partial charge on any atom is 0.411 e. The van der Waals surface area contributed by atoms with Crippen molar-refractivity contribution in [2.45, 2.75) is 12.8 Å². The number of hydrogen-bond acceptors (Lipinski definition) is 2. The average molecular weight is 269 g/mol. The lowest BCUT2D eigenvalue weighted by atomic mass is 10.1. The molecule has 0 aliphatic heterocycles. The van der Waals surface area contributed by atoms with E-state index in [1.807, 2.05) is 0 Å². The van der Waals surface area contributed by atoms with Crippen molar-refractivity contribution >= 4 is 17.6 Å². The standard InChI is InChI=1S/C10H8ClF3O3/c11-8-3-6(9(15)16)1-2-7(8)4-17-5-10(12,13)14/h1-3H,4-5H2,(H,15,16). The molecule has 0 aromatic heterocycles. The van der Waals surface area contributed by atoms with Gasteiger partial charge < -0.3 is 9.84 Å². The van der Waals surface area contributed by atoms with Gasteiger partial charge in [0.15, 0.2) is 0 Å². The summed E-state index contributed by atoms with van der Waals surface area (Å²) in [6.45, 7) is -1.69. The van der Waals surface area contributed by atoms with Crippen LogP contribution in [0.4, 0.5) is 13.2 Å². The van der Waals surface area contributed by atoms with Gasteiger partial charge in [0.1, 0.15) is 6.61 Å². The average Bonchev–Trinajstić information content (AvgIpc) is 2.18. The van der Waals surface area contributed by atoms with Crippen molar-refractivity contribution < 1.29 is 27.8 Å². The van der Waals surface area contributed by atoms with Gasteiger partial charge in [0.25, 0.3) is 0 Å². The molecule has 1 rings (SSSR count). The number of rotatable bonds is 4. The molecule has 0 radical (unpaired) electrons. The van der Waals surface area contributed by atoms with E-state index in [1.54, 1.807) is 0 Å². The number of carboxylic acid groups (broad SMARTS) is 1. The van der Waals surface area contributed by atoms with E-state index in [0.29, 0.717) is 5.56 Å². The molecule has 0 amide bonds. The monoisotopic (exact) mass is 268 g/mol. The summed E-state index contributed by atoms with van der Waals surface area (Å²) in [6, 6.07) is 3.73. The van der Waals surface area contributed by atoms with Crippen molar-refractivity contribution in [1.29, 1.82) is 0 Å². The highest BCUT2D eigenvalue weighted by Crippen LogP contribution is 2.21. The van der Waals surface area contributed by atoms with Crippen LogP contribution < -0.4 is 0 Å². The maximum atomic E-state index is 11.8. The Bertz CT molecular complexity index is 418. The fourth-order valence-corrected chi connectivity index (χ4v) is 1.31. The third kappa shape index (κ3) is 4.62. The Morgan fingerprint density at radius 2 is 2.06 bits per heavy atom. The molecule has 1 N–H and O–H groups in total. The van der Waals surface area contributed by atoms with Crippen LogP contribution >= 0.6 is 11.6 Å². The Morgan fingerprint density at radius 1 is 1.41 bits per heavy atom. The van der Waals surface area contributed by atoms with Crippen molar-refractivity contribution in [1.82, 2.24) is 0 Å². The smallest absolute Gasteiger partial charge is 0.411 e. The van der Waals surface area contributed by atoms with Gasteiger partial charge in [0.05, 0.1) is 12.2 Å². The van der Waals surface area contributed by atoms with Crippen molar-refractivity contribution in [2.24, 2.45) is 0 Å². The van der Waals surface area contributed by atoms with E-state index < -0.39 is 18.8 Å².